The van der Waals surface area contributed by atoms with Gasteiger partial charge >= 0.3 is 0 Å². The molecule has 1 saturated heterocycles. The highest BCUT2D eigenvalue weighted by Gasteiger charge is 2.50. The van der Waals surface area contributed by atoms with Crippen LogP contribution in [0.1, 0.15) is 6.92 Å². The van der Waals surface area contributed by atoms with Crippen LogP contribution in [-0.2, 0) is 14.4 Å². The summed E-state index contributed by atoms with van der Waals surface area (Å²) in [5, 5.41) is 0. The van der Waals surface area contributed by atoms with Gasteiger partial charge in [-0.25, -0.2) is 0 Å². The van der Waals surface area contributed by atoms with Crippen molar-refractivity contribution in [3.63, 3.8) is 0 Å². The average molecular weight is 314 g/mol. The summed E-state index contributed by atoms with van der Waals surface area (Å²) < 4.78 is 0. The summed E-state index contributed by atoms with van der Waals surface area (Å²) in [6.07, 6.45) is 5.21. The van der Waals surface area contributed by atoms with Crippen molar-refractivity contribution in [1.82, 2.24) is 4.90 Å². The number of rotatable bonds is 5. The van der Waals surface area contributed by atoms with Gasteiger partial charge in [0.1, 0.15) is 12.6 Å². The van der Waals surface area contributed by atoms with E-state index in [1.165, 1.54) is 0 Å². The zero-order valence-corrected chi connectivity index (χ0v) is 13.6. The molecule has 1 amide bonds. The van der Waals surface area contributed by atoms with Crippen LogP contribution in [0.5, 0.6) is 0 Å². The van der Waals surface area contributed by atoms with Crippen LogP contribution in [-0.4, -0.2) is 49.6 Å². The van der Waals surface area contributed by atoms with Crippen molar-refractivity contribution in [3.05, 3.63) is 42.5 Å². The summed E-state index contributed by atoms with van der Waals surface area (Å²) in [6.45, 7) is 1.86. The number of hydrogen-bond donors (Lipinski definition) is 0. The number of nitrogens with zero attached hydrogens (tertiary/aromatic N) is 2. The maximum Gasteiger partial charge on any atom is 0.232 e. The van der Waals surface area contributed by atoms with E-state index in [1.54, 1.807) is 23.9 Å². The molecule has 0 saturated carbocycles. The normalized spacial score (nSPS) is 28.0. The molecule has 1 aliphatic rings. The van der Waals surface area contributed by atoms with Gasteiger partial charge in [-0.2, -0.15) is 0 Å². The third-order valence-electron chi connectivity index (χ3n) is 4.56. The summed E-state index contributed by atoms with van der Waals surface area (Å²) in [4.78, 5) is 39.3. The monoisotopic (exact) mass is 314 g/mol. The van der Waals surface area contributed by atoms with Gasteiger partial charge in [0.2, 0.25) is 5.91 Å². The van der Waals surface area contributed by atoms with E-state index < -0.39 is 17.9 Å². The van der Waals surface area contributed by atoms with Gasteiger partial charge in [-0.05, 0) is 26.1 Å². The minimum absolute atomic E-state index is 0.160. The SMILES string of the molecule is C/C=C\C1C(C(=O)N(C)c2ccccc2)C(C=O)C(C=O)N1C. The van der Waals surface area contributed by atoms with Crippen molar-refractivity contribution in [2.45, 2.75) is 19.0 Å². The van der Waals surface area contributed by atoms with Crippen molar-refractivity contribution in [3.8, 4) is 0 Å². The van der Waals surface area contributed by atoms with Crippen LogP contribution >= 0.6 is 0 Å². The molecule has 0 aliphatic carbocycles. The van der Waals surface area contributed by atoms with Crippen molar-refractivity contribution in [2.75, 3.05) is 19.0 Å². The van der Waals surface area contributed by atoms with E-state index in [1.807, 2.05) is 49.4 Å². The van der Waals surface area contributed by atoms with Gasteiger partial charge in [-0.1, -0.05) is 30.4 Å². The van der Waals surface area contributed by atoms with Crippen LogP contribution in [0.4, 0.5) is 5.69 Å². The first-order chi connectivity index (χ1) is 11.1. The molecule has 1 heterocycles. The van der Waals surface area contributed by atoms with Gasteiger partial charge in [-0.15, -0.1) is 0 Å². The third kappa shape index (κ3) is 3.10. The fourth-order valence-electron chi connectivity index (χ4n) is 3.28. The summed E-state index contributed by atoms with van der Waals surface area (Å²) in [6, 6.07) is 8.42. The number of likely N-dealkylation sites (N-methyl/N-ethyl adjacent to an activating group) is 1. The highest BCUT2D eigenvalue weighted by molar-refractivity contribution is 5.97. The molecule has 0 bridgehead atoms. The molecule has 23 heavy (non-hydrogen) atoms. The molecule has 5 nitrogen and oxygen atoms in total. The van der Waals surface area contributed by atoms with Crippen molar-refractivity contribution in [2.24, 2.45) is 11.8 Å². The number of hydrogen-bond acceptors (Lipinski definition) is 4. The molecule has 122 valence electrons. The van der Waals surface area contributed by atoms with Gasteiger partial charge in [0.25, 0.3) is 0 Å². The number of amides is 1. The molecule has 0 radical (unpaired) electrons. The van der Waals surface area contributed by atoms with E-state index in [0.29, 0.717) is 0 Å². The minimum Gasteiger partial charge on any atom is -0.315 e. The zero-order valence-electron chi connectivity index (χ0n) is 13.6. The Labute approximate surface area is 136 Å². The van der Waals surface area contributed by atoms with E-state index in [0.717, 1.165) is 18.3 Å². The standard InChI is InChI=1S/C18H22N2O3/c1-4-8-15-17(14(11-21)16(12-22)20(15)3)18(23)19(2)13-9-6-5-7-10-13/h4-12,14-17H,1-3H3/b8-4-. The van der Waals surface area contributed by atoms with Gasteiger partial charge < -0.3 is 14.5 Å². The molecule has 1 aromatic rings. The lowest BCUT2D eigenvalue weighted by Gasteiger charge is -2.26. The lowest BCUT2D eigenvalue weighted by atomic mass is 9.87. The highest BCUT2D eigenvalue weighted by atomic mass is 16.2. The largest absolute Gasteiger partial charge is 0.315 e. The number of aldehydes is 2. The zero-order chi connectivity index (χ0) is 17.0. The Morgan fingerprint density at radius 2 is 1.78 bits per heavy atom. The number of allylic oxidation sites excluding steroid dienone is 1. The van der Waals surface area contributed by atoms with Crippen LogP contribution in [0.25, 0.3) is 0 Å². The second-order valence-electron chi connectivity index (χ2n) is 5.78. The van der Waals surface area contributed by atoms with Crippen molar-refractivity contribution in [1.29, 1.82) is 0 Å². The van der Waals surface area contributed by atoms with Crippen LogP contribution in [0, 0.1) is 11.8 Å². The molecule has 5 heteroatoms. The molecular formula is C18H22N2O3. The smallest absolute Gasteiger partial charge is 0.232 e. The number of para-hydroxylation sites is 1. The van der Waals surface area contributed by atoms with Crippen LogP contribution < -0.4 is 4.90 Å². The van der Waals surface area contributed by atoms with Gasteiger partial charge in [0, 0.05) is 18.8 Å². The lowest BCUT2D eigenvalue weighted by Crippen LogP contribution is -2.41. The van der Waals surface area contributed by atoms with Crippen LogP contribution in [0.15, 0.2) is 42.5 Å². The first-order valence-electron chi connectivity index (χ1n) is 7.64. The lowest BCUT2D eigenvalue weighted by molar-refractivity contribution is -0.127. The first kappa shape index (κ1) is 17.1. The van der Waals surface area contributed by atoms with Crippen LogP contribution in [0.2, 0.25) is 0 Å². The second-order valence-corrected chi connectivity index (χ2v) is 5.78. The number of benzene rings is 1. The highest BCUT2D eigenvalue weighted by Crippen LogP contribution is 2.35. The molecule has 0 aromatic heterocycles. The molecular weight excluding hydrogens is 292 g/mol. The van der Waals surface area contributed by atoms with Crippen molar-refractivity contribution >= 4 is 24.2 Å². The molecule has 0 N–H and O–H groups in total. The van der Waals surface area contributed by atoms with Gasteiger partial charge in [0.05, 0.1) is 17.9 Å². The van der Waals surface area contributed by atoms with E-state index in [4.69, 9.17) is 0 Å². The van der Waals surface area contributed by atoms with Gasteiger partial charge in [0.15, 0.2) is 0 Å². The molecule has 1 aromatic carbocycles. The molecule has 0 spiro atoms. The summed E-state index contributed by atoms with van der Waals surface area (Å²) in [5.41, 5.74) is 0.763. The Bertz CT molecular complexity index is 600. The molecule has 4 atom stereocenters. The number of carbonyl (C=O) groups is 3. The van der Waals surface area contributed by atoms with E-state index in [-0.39, 0.29) is 11.9 Å². The van der Waals surface area contributed by atoms with Crippen LogP contribution in [0.3, 0.4) is 0 Å². The summed E-state index contributed by atoms with van der Waals surface area (Å²) in [5.74, 6) is -1.38. The summed E-state index contributed by atoms with van der Waals surface area (Å²) >= 11 is 0. The molecule has 1 aliphatic heterocycles. The maximum absolute atomic E-state index is 13.0. The predicted octanol–water partition coefficient (Wildman–Crippen LogP) is 1.54. The predicted molar refractivity (Wildman–Crippen MR) is 89.1 cm³/mol. The quantitative estimate of drug-likeness (QED) is 0.611. The van der Waals surface area contributed by atoms with E-state index in [2.05, 4.69) is 0 Å². The topological polar surface area (TPSA) is 57.7 Å². The fourth-order valence-corrected chi connectivity index (χ4v) is 3.28. The Morgan fingerprint density at radius 3 is 2.30 bits per heavy atom. The molecule has 4 unspecified atom stereocenters. The second kappa shape index (κ2) is 7.33. The van der Waals surface area contributed by atoms with Crippen molar-refractivity contribution < 1.29 is 14.4 Å². The Morgan fingerprint density at radius 1 is 1.13 bits per heavy atom. The Balaban J connectivity index is 2.38. The third-order valence-corrected chi connectivity index (χ3v) is 4.56. The number of carbonyl (C=O) groups excluding carboxylic acids is 3. The van der Waals surface area contributed by atoms with E-state index >= 15 is 0 Å². The first-order valence-corrected chi connectivity index (χ1v) is 7.64. The fraction of sp³-hybridized carbons (Fsp3) is 0.389. The number of anilines is 1. The van der Waals surface area contributed by atoms with E-state index in [9.17, 15) is 14.4 Å². The minimum atomic E-state index is -0.641. The average Bonchev–Trinajstić information content (AvgIpc) is 2.86. The summed E-state index contributed by atoms with van der Waals surface area (Å²) in [7, 11) is 3.47. The van der Waals surface area contributed by atoms with Gasteiger partial charge in [-0.3, -0.25) is 9.69 Å². The Hall–Kier alpha value is -2.27. The Kier molecular flexibility index (Phi) is 5.45. The number of likely N-dealkylation sites (tertiary alicyclic amines) is 1. The molecule has 2 rings (SSSR count). The molecule has 1 fully saturated rings. The maximum atomic E-state index is 13.0.